The Labute approximate surface area is 226 Å². The molecule has 2 heterocycles. The van der Waals surface area contributed by atoms with Gasteiger partial charge in [-0.05, 0) is 66.1 Å². The van der Waals surface area contributed by atoms with Crippen molar-refractivity contribution in [3.63, 3.8) is 0 Å². The van der Waals surface area contributed by atoms with Crippen LogP contribution in [0.4, 0.5) is 5.69 Å². The van der Waals surface area contributed by atoms with Gasteiger partial charge in [0.2, 0.25) is 6.10 Å². The number of pyridine rings is 1. The van der Waals surface area contributed by atoms with Gasteiger partial charge in [-0.15, -0.1) is 0 Å². The average Bonchev–Trinajstić information content (AvgIpc) is 2.93. The van der Waals surface area contributed by atoms with Crippen molar-refractivity contribution in [1.82, 2.24) is 4.98 Å². The zero-order valence-electron chi connectivity index (χ0n) is 20.3. The predicted octanol–water partition coefficient (Wildman–Crippen LogP) is 7.11. The van der Waals surface area contributed by atoms with Crippen molar-refractivity contribution in [2.45, 2.75) is 31.9 Å². The third-order valence-electron chi connectivity index (χ3n) is 6.38. The number of hydrogen-bond donors (Lipinski definition) is 0. The summed E-state index contributed by atoms with van der Waals surface area (Å²) in [4.78, 5) is 19.4. The molecule has 0 spiro atoms. The highest BCUT2D eigenvalue weighted by Gasteiger charge is 2.51. The minimum Gasteiger partial charge on any atom is -0.493 e. The molecule has 0 aliphatic carbocycles. The first-order valence-corrected chi connectivity index (χ1v) is 13.0. The highest BCUT2D eigenvalue weighted by atomic mass is 35.5. The number of anilines is 1. The summed E-state index contributed by atoms with van der Waals surface area (Å²) in [5, 5.41) is 0.825. The molecule has 5 rings (SSSR count). The normalized spacial score (nSPS) is 16.8. The summed E-state index contributed by atoms with van der Waals surface area (Å²) in [7, 11) is 0. The van der Waals surface area contributed by atoms with Gasteiger partial charge in [0.15, 0.2) is 0 Å². The molecule has 0 bridgehead atoms. The SMILES string of the molecule is CCc1ccc(CCOc2ccc(C3C(Oc4ccccc4)C(=O)N3c3ccc(Cl)c(Cl)c3)cc2)nc1. The van der Waals surface area contributed by atoms with Crippen LogP contribution in [0, 0.1) is 0 Å². The Balaban J connectivity index is 1.32. The van der Waals surface area contributed by atoms with E-state index in [4.69, 9.17) is 32.7 Å². The maximum Gasteiger partial charge on any atom is 0.271 e. The Morgan fingerprint density at radius 3 is 2.35 bits per heavy atom. The molecule has 2 atom stereocenters. The lowest BCUT2D eigenvalue weighted by molar-refractivity contribution is -0.135. The van der Waals surface area contributed by atoms with Crippen LogP contribution in [0.5, 0.6) is 11.5 Å². The largest absolute Gasteiger partial charge is 0.493 e. The van der Waals surface area contributed by atoms with Crippen LogP contribution in [0.2, 0.25) is 10.0 Å². The lowest BCUT2D eigenvalue weighted by Gasteiger charge is -2.46. The highest BCUT2D eigenvalue weighted by molar-refractivity contribution is 6.42. The molecule has 37 heavy (non-hydrogen) atoms. The van der Waals surface area contributed by atoms with Crippen LogP contribution < -0.4 is 14.4 Å². The van der Waals surface area contributed by atoms with E-state index in [0.717, 1.165) is 29.8 Å². The summed E-state index contributed by atoms with van der Waals surface area (Å²) in [6, 6.07) is 26.1. The summed E-state index contributed by atoms with van der Waals surface area (Å²) >= 11 is 12.4. The number of carbonyl (C=O) groups is 1. The topological polar surface area (TPSA) is 51.7 Å². The maximum absolute atomic E-state index is 13.2. The van der Waals surface area contributed by atoms with Crippen molar-refractivity contribution in [1.29, 1.82) is 0 Å². The van der Waals surface area contributed by atoms with E-state index in [0.29, 0.717) is 28.1 Å². The van der Waals surface area contributed by atoms with Gasteiger partial charge in [-0.1, -0.05) is 66.5 Å². The molecule has 1 saturated heterocycles. The quantitative estimate of drug-likeness (QED) is 0.215. The zero-order valence-corrected chi connectivity index (χ0v) is 21.8. The van der Waals surface area contributed by atoms with Crippen LogP contribution >= 0.6 is 23.2 Å². The van der Waals surface area contributed by atoms with E-state index in [-0.39, 0.29) is 11.9 Å². The number of para-hydroxylation sites is 1. The van der Waals surface area contributed by atoms with Gasteiger partial charge in [-0.3, -0.25) is 14.7 Å². The van der Waals surface area contributed by atoms with Crippen molar-refractivity contribution in [3.05, 3.63) is 118 Å². The molecule has 1 aliphatic rings. The monoisotopic (exact) mass is 532 g/mol. The number of β-lactam (4-membered cyclic amide) rings is 1. The molecule has 1 fully saturated rings. The van der Waals surface area contributed by atoms with Gasteiger partial charge in [-0.2, -0.15) is 0 Å². The van der Waals surface area contributed by atoms with Crippen LogP contribution in [-0.2, 0) is 17.6 Å². The molecule has 0 radical (unpaired) electrons. The average molecular weight is 533 g/mol. The van der Waals surface area contributed by atoms with Crippen molar-refractivity contribution >= 4 is 34.8 Å². The summed E-state index contributed by atoms with van der Waals surface area (Å²) in [5.41, 5.74) is 3.81. The molecular weight excluding hydrogens is 507 g/mol. The number of ether oxygens (including phenoxy) is 2. The number of aryl methyl sites for hydroxylation is 1. The molecule has 0 N–H and O–H groups in total. The number of benzene rings is 3. The Hall–Kier alpha value is -3.54. The van der Waals surface area contributed by atoms with Crippen LogP contribution in [0.1, 0.15) is 29.8 Å². The first-order valence-electron chi connectivity index (χ1n) is 12.2. The van der Waals surface area contributed by atoms with Crippen LogP contribution in [0.15, 0.2) is 91.1 Å². The van der Waals surface area contributed by atoms with Crippen LogP contribution in [0.3, 0.4) is 0 Å². The van der Waals surface area contributed by atoms with Gasteiger partial charge in [-0.25, -0.2) is 0 Å². The number of hydrogen-bond acceptors (Lipinski definition) is 4. The van der Waals surface area contributed by atoms with E-state index >= 15 is 0 Å². The number of aromatic nitrogens is 1. The fourth-order valence-electron chi connectivity index (χ4n) is 4.32. The number of amides is 1. The Kier molecular flexibility index (Phi) is 7.63. The van der Waals surface area contributed by atoms with Crippen LogP contribution in [-0.4, -0.2) is 23.6 Å². The Bertz CT molecular complexity index is 1360. The molecule has 3 aromatic carbocycles. The second-order valence-corrected chi connectivity index (χ2v) is 9.60. The number of halogens is 2. The van der Waals surface area contributed by atoms with Gasteiger partial charge in [0.1, 0.15) is 17.5 Å². The number of rotatable bonds is 9. The highest BCUT2D eigenvalue weighted by Crippen LogP contribution is 2.43. The van der Waals surface area contributed by atoms with E-state index in [2.05, 4.69) is 18.0 Å². The van der Waals surface area contributed by atoms with Crippen LogP contribution in [0.25, 0.3) is 0 Å². The molecule has 1 amide bonds. The molecule has 7 heteroatoms. The predicted molar refractivity (Wildman–Crippen MR) is 147 cm³/mol. The van der Waals surface area contributed by atoms with Crippen molar-refractivity contribution in [3.8, 4) is 11.5 Å². The second kappa shape index (κ2) is 11.2. The molecule has 1 aromatic heterocycles. The lowest BCUT2D eigenvalue weighted by Crippen LogP contribution is -2.61. The second-order valence-electron chi connectivity index (χ2n) is 8.78. The summed E-state index contributed by atoms with van der Waals surface area (Å²) in [6.45, 7) is 2.64. The molecular formula is C30H26Cl2N2O3. The molecule has 0 saturated carbocycles. The Morgan fingerprint density at radius 1 is 0.892 bits per heavy atom. The van der Waals surface area contributed by atoms with Gasteiger partial charge in [0.05, 0.1) is 16.7 Å². The molecule has 188 valence electrons. The van der Waals surface area contributed by atoms with E-state index in [1.54, 1.807) is 23.1 Å². The van der Waals surface area contributed by atoms with Gasteiger partial charge in [0.25, 0.3) is 5.91 Å². The minimum atomic E-state index is -0.666. The van der Waals surface area contributed by atoms with E-state index < -0.39 is 6.10 Å². The van der Waals surface area contributed by atoms with Gasteiger partial charge < -0.3 is 9.47 Å². The summed E-state index contributed by atoms with van der Waals surface area (Å²) in [5.74, 6) is 1.25. The number of carbonyl (C=O) groups excluding carboxylic acids is 1. The fraction of sp³-hybridized carbons (Fsp3) is 0.200. The van der Waals surface area contributed by atoms with Gasteiger partial charge >= 0.3 is 0 Å². The lowest BCUT2D eigenvalue weighted by atomic mass is 9.89. The Morgan fingerprint density at radius 2 is 1.68 bits per heavy atom. The third kappa shape index (κ3) is 5.58. The first kappa shape index (κ1) is 25.1. The van der Waals surface area contributed by atoms with Crippen molar-refractivity contribution in [2.24, 2.45) is 0 Å². The summed E-state index contributed by atoms with van der Waals surface area (Å²) < 4.78 is 12.1. The molecule has 2 unspecified atom stereocenters. The number of nitrogens with zero attached hydrogens (tertiary/aromatic N) is 2. The van der Waals surface area contributed by atoms with Gasteiger partial charge in [0, 0.05) is 24.0 Å². The molecule has 1 aliphatic heterocycles. The fourth-order valence-corrected chi connectivity index (χ4v) is 4.61. The maximum atomic E-state index is 13.2. The zero-order chi connectivity index (χ0) is 25.8. The van der Waals surface area contributed by atoms with E-state index in [9.17, 15) is 4.79 Å². The van der Waals surface area contributed by atoms with E-state index in [1.165, 1.54) is 5.56 Å². The third-order valence-corrected chi connectivity index (χ3v) is 7.12. The van der Waals surface area contributed by atoms with E-state index in [1.807, 2.05) is 66.9 Å². The minimum absolute atomic E-state index is 0.144. The van der Waals surface area contributed by atoms with Crippen molar-refractivity contribution in [2.75, 3.05) is 11.5 Å². The first-order chi connectivity index (χ1) is 18.0. The molecule has 5 nitrogen and oxygen atoms in total. The smallest absolute Gasteiger partial charge is 0.271 e. The molecule has 4 aromatic rings. The summed E-state index contributed by atoms with van der Waals surface area (Å²) in [6.07, 6.45) is 2.95. The van der Waals surface area contributed by atoms with Crippen molar-refractivity contribution < 1.29 is 14.3 Å². The standard InChI is InChI=1S/C30H26Cl2N2O3/c1-2-20-8-11-22(33-19-20)16-17-36-24-13-9-21(10-14-24)28-29(37-25-6-4-3-5-7-25)30(35)34(28)23-12-15-26(31)27(32)18-23/h3-15,18-19,28-29H,2,16-17H2,1H3.